The van der Waals surface area contributed by atoms with Crippen molar-refractivity contribution in [2.45, 2.75) is 48.0 Å². The maximum Gasteiger partial charge on any atom is 0.122 e. The first-order valence-corrected chi connectivity index (χ1v) is 8.51. The molecule has 128 valence electrons. The third-order valence-corrected chi connectivity index (χ3v) is 3.41. The number of methoxy groups -OCH3 is 2. The van der Waals surface area contributed by atoms with Crippen LogP contribution in [-0.4, -0.2) is 14.2 Å². The molecule has 0 aliphatic heterocycles. The molecule has 0 unspecified atom stereocenters. The summed E-state index contributed by atoms with van der Waals surface area (Å²) >= 11 is 0. The molecule has 0 aliphatic rings. The van der Waals surface area contributed by atoms with E-state index >= 15 is 0 Å². The zero-order valence-electron chi connectivity index (χ0n) is 16.0. The van der Waals surface area contributed by atoms with E-state index in [2.05, 4.69) is 44.2 Å². The number of aryl methyl sites for hydroxylation is 2. The Morgan fingerprint density at radius 3 is 2.00 bits per heavy atom. The lowest BCUT2D eigenvalue weighted by Crippen LogP contribution is -1.92. The summed E-state index contributed by atoms with van der Waals surface area (Å²) in [6, 6.07) is 12.5. The van der Waals surface area contributed by atoms with E-state index in [-0.39, 0.29) is 0 Å². The van der Waals surface area contributed by atoms with Crippen molar-refractivity contribution in [3.63, 3.8) is 0 Å². The maximum absolute atomic E-state index is 5.40. The van der Waals surface area contributed by atoms with E-state index in [9.17, 15) is 0 Å². The van der Waals surface area contributed by atoms with Gasteiger partial charge in [-0.15, -0.1) is 0 Å². The predicted molar refractivity (Wildman–Crippen MR) is 102 cm³/mol. The molecule has 2 rings (SSSR count). The van der Waals surface area contributed by atoms with E-state index in [1.807, 2.05) is 33.8 Å². The zero-order chi connectivity index (χ0) is 17.8. The molecular weight excluding hydrogens is 284 g/mol. The highest BCUT2D eigenvalue weighted by atomic mass is 16.5. The number of hydrogen-bond acceptors (Lipinski definition) is 2. The highest BCUT2D eigenvalue weighted by Gasteiger charge is 2.08. The van der Waals surface area contributed by atoms with E-state index in [0.717, 1.165) is 23.5 Å². The fourth-order valence-electron chi connectivity index (χ4n) is 2.26. The molecule has 0 heterocycles. The minimum atomic E-state index is 0.902. The Labute approximate surface area is 142 Å². The monoisotopic (exact) mass is 316 g/mol. The summed E-state index contributed by atoms with van der Waals surface area (Å²) in [5.41, 5.74) is 4.85. The smallest absolute Gasteiger partial charge is 0.122 e. The van der Waals surface area contributed by atoms with Gasteiger partial charge in [0.25, 0.3) is 0 Å². The van der Waals surface area contributed by atoms with Crippen LogP contribution in [0.15, 0.2) is 36.4 Å². The molecule has 0 saturated heterocycles. The molecule has 0 saturated carbocycles. The summed E-state index contributed by atoms with van der Waals surface area (Å²) in [4.78, 5) is 0. The second-order valence-electron chi connectivity index (χ2n) is 4.56. The molecule has 0 spiro atoms. The predicted octanol–water partition coefficient (Wildman–Crippen LogP) is 6.29. The average Bonchev–Trinajstić information content (AvgIpc) is 2.65. The SMILES string of the molecule is CC.CC.CCc1cc(OC)ccc1-c1ccc(C)c(OC)c1. The fraction of sp³-hybridized carbons (Fsp3) is 0.429. The summed E-state index contributed by atoms with van der Waals surface area (Å²) in [5, 5.41) is 0. The third kappa shape index (κ3) is 5.63. The van der Waals surface area contributed by atoms with Crippen LogP contribution in [0.1, 0.15) is 45.7 Å². The fourth-order valence-corrected chi connectivity index (χ4v) is 2.26. The van der Waals surface area contributed by atoms with Gasteiger partial charge in [-0.3, -0.25) is 0 Å². The van der Waals surface area contributed by atoms with Gasteiger partial charge in [-0.1, -0.05) is 52.8 Å². The van der Waals surface area contributed by atoms with Gasteiger partial charge >= 0.3 is 0 Å². The lowest BCUT2D eigenvalue weighted by Gasteiger charge is -2.12. The van der Waals surface area contributed by atoms with Crippen LogP contribution in [0.25, 0.3) is 11.1 Å². The van der Waals surface area contributed by atoms with Crippen molar-refractivity contribution in [2.75, 3.05) is 14.2 Å². The summed E-state index contributed by atoms with van der Waals surface area (Å²) < 4.78 is 10.7. The Balaban J connectivity index is 0.00000112. The molecule has 0 N–H and O–H groups in total. The molecule has 2 heteroatoms. The zero-order valence-corrected chi connectivity index (χ0v) is 16.0. The van der Waals surface area contributed by atoms with Crippen LogP contribution >= 0.6 is 0 Å². The molecular formula is C21H32O2. The summed E-state index contributed by atoms with van der Waals surface area (Å²) in [6.07, 6.45) is 0.975. The van der Waals surface area contributed by atoms with Crippen LogP contribution in [-0.2, 0) is 6.42 Å². The van der Waals surface area contributed by atoms with Gasteiger partial charge in [0.2, 0.25) is 0 Å². The molecule has 0 bridgehead atoms. The molecule has 0 aliphatic carbocycles. The van der Waals surface area contributed by atoms with Crippen molar-refractivity contribution in [1.29, 1.82) is 0 Å². The van der Waals surface area contributed by atoms with Crippen molar-refractivity contribution in [3.8, 4) is 22.6 Å². The lowest BCUT2D eigenvalue weighted by atomic mass is 9.96. The quantitative estimate of drug-likeness (QED) is 0.659. The van der Waals surface area contributed by atoms with E-state index in [1.54, 1.807) is 14.2 Å². The topological polar surface area (TPSA) is 18.5 Å². The molecule has 2 aromatic carbocycles. The molecule has 23 heavy (non-hydrogen) atoms. The van der Waals surface area contributed by atoms with Crippen LogP contribution in [0, 0.1) is 6.92 Å². The van der Waals surface area contributed by atoms with Crippen LogP contribution in [0.2, 0.25) is 0 Å². The van der Waals surface area contributed by atoms with Crippen LogP contribution in [0.3, 0.4) is 0 Å². The number of hydrogen-bond donors (Lipinski definition) is 0. The van der Waals surface area contributed by atoms with E-state index in [1.165, 1.54) is 16.7 Å². The van der Waals surface area contributed by atoms with Crippen molar-refractivity contribution >= 4 is 0 Å². The second kappa shape index (κ2) is 11.6. The van der Waals surface area contributed by atoms with Crippen molar-refractivity contribution < 1.29 is 9.47 Å². The summed E-state index contributed by atoms with van der Waals surface area (Å²) in [7, 11) is 3.41. The van der Waals surface area contributed by atoms with Gasteiger partial charge in [-0.25, -0.2) is 0 Å². The highest BCUT2D eigenvalue weighted by molar-refractivity contribution is 5.70. The van der Waals surface area contributed by atoms with Gasteiger partial charge in [-0.05, 0) is 53.8 Å². The van der Waals surface area contributed by atoms with Gasteiger partial charge in [-0.2, -0.15) is 0 Å². The van der Waals surface area contributed by atoms with Gasteiger partial charge < -0.3 is 9.47 Å². The first-order chi connectivity index (χ1) is 11.2. The largest absolute Gasteiger partial charge is 0.497 e. The summed E-state index contributed by atoms with van der Waals surface area (Å²) in [6.45, 7) is 12.2. The van der Waals surface area contributed by atoms with E-state index in [0.29, 0.717) is 0 Å². The molecule has 0 fully saturated rings. The second-order valence-corrected chi connectivity index (χ2v) is 4.56. The van der Waals surface area contributed by atoms with E-state index < -0.39 is 0 Å². The minimum absolute atomic E-state index is 0.902. The number of ether oxygens (including phenoxy) is 2. The average molecular weight is 316 g/mol. The van der Waals surface area contributed by atoms with Crippen molar-refractivity contribution in [2.24, 2.45) is 0 Å². The standard InChI is InChI=1S/C17H20O2.2C2H6/c1-5-13-10-15(18-3)8-9-16(13)14-7-6-12(2)17(11-14)19-4;2*1-2/h6-11H,5H2,1-4H3;2*1-2H3. The Morgan fingerprint density at radius 1 is 0.826 bits per heavy atom. The van der Waals surface area contributed by atoms with Gasteiger partial charge in [0.1, 0.15) is 11.5 Å². The van der Waals surface area contributed by atoms with Crippen LogP contribution < -0.4 is 9.47 Å². The maximum atomic E-state index is 5.40. The number of rotatable bonds is 4. The Hall–Kier alpha value is -1.96. The lowest BCUT2D eigenvalue weighted by molar-refractivity contribution is 0.412. The molecule has 0 amide bonds. The molecule has 2 aromatic rings. The minimum Gasteiger partial charge on any atom is -0.497 e. The van der Waals surface area contributed by atoms with Gasteiger partial charge in [0.05, 0.1) is 14.2 Å². The van der Waals surface area contributed by atoms with Crippen molar-refractivity contribution in [1.82, 2.24) is 0 Å². The van der Waals surface area contributed by atoms with Crippen LogP contribution in [0.5, 0.6) is 11.5 Å². The molecule has 0 radical (unpaired) electrons. The molecule has 0 atom stereocenters. The normalized spacial score (nSPS) is 9.04. The first kappa shape index (κ1) is 21.0. The number of benzene rings is 2. The molecule has 2 nitrogen and oxygen atoms in total. The highest BCUT2D eigenvalue weighted by Crippen LogP contribution is 2.31. The first-order valence-electron chi connectivity index (χ1n) is 8.51. The molecule has 0 aromatic heterocycles. The van der Waals surface area contributed by atoms with Crippen LogP contribution in [0.4, 0.5) is 0 Å². The summed E-state index contributed by atoms with van der Waals surface area (Å²) in [5.74, 6) is 1.83. The Morgan fingerprint density at radius 2 is 1.48 bits per heavy atom. The van der Waals surface area contributed by atoms with Crippen molar-refractivity contribution in [3.05, 3.63) is 47.5 Å². The van der Waals surface area contributed by atoms with E-state index in [4.69, 9.17) is 9.47 Å². The third-order valence-electron chi connectivity index (χ3n) is 3.41. The van der Waals surface area contributed by atoms with Gasteiger partial charge in [0.15, 0.2) is 0 Å². The Bertz CT molecular complexity index is 574. The Kier molecular flexibility index (Phi) is 10.6. The van der Waals surface area contributed by atoms with Gasteiger partial charge in [0, 0.05) is 0 Å².